The summed E-state index contributed by atoms with van der Waals surface area (Å²) >= 11 is 5.74. The van der Waals surface area contributed by atoms with Crippen LogP contribution in [0.5, 0.6) is 0 Å². The van der Waals surface area contributed by atoms with Crippen LogP contribution in [0.2, 0.25) is 5.15 Å². The summed E-state index contributed by atoms with van der Waals surface area (Å²) in [5, 5.41) is 3.20. The van der Waals surface area contributed by atoms with Gasteiger partial charge >= 0.3 is 0 Å². The second-order valence-corrected chi connectivity index (χ2v) is 4.60. The fourth-order valence-electron chi connectivity index (χ4n) is 1.78. The molecule has 0 saturated carbocycles. The normalized spacial score (nSPS) is 10.2. The average Bonchev–Trinajstić information content (AvgIpc) is 2.44. The molecule has 0 spiro atoms. The van der Waals surface area contributed by atoms with E-state index >= 15 is 0 Å². The van der Waals surface area contributed by atoms with Gasteiger partial charge in [0, 0.05) is 18.3 Å². The number of aryl methyl sites for hydroxylation is 1. The maximum absolute atomic E-state index is 11.8. The molecule has 0 atom stereocenters. The lowest BCUT2D eigenvalue weighted by atomic mass is 10.1. The standard InChI is InChI=1S/C15H15ClN2O/c16-14-11-13(8-10-17-14)15(19)18-9-4-7-12-5-2-1-3-6-12/h1-3,5-6,8,10-11H,4,7,9H2,(H,18,19). The van der Waals surface area contributed by atoms with Crippen LogP contribution < -0.4 is 5.32 Å². The minimum atomic E-state index is -0.114. The highest BCUT2D eigenvalue weighted by Crippen LogP contribution is 2.07. The lowest BCUT2D eigenvalue weighted by Gasteiger charge is -2.05. The number of carbonyl (C=O) groups excluding carboxylic acids is 1. The molecule has 0 fully saturated rings. The first kappa shape index (κ1) is 13.6. The van der Waals surface area contributed by atoms with E-state index in [1.807, 2.05) is 18.2 Å². The third-order valence-corrected chi connectivity index (χ3v) is 2.97. The zero-order valence-electron chi connectivity index (χ0n) is 10.5. The number of halogens is 1. The Morgan fingerprint density at radius 1 is 1.21 bits per heavy atom. The van der Waals surface area contributed by atoms with Crippen molar-refractivity contribution in [3.8, 4) is 0 Å². The lowest BCUT2D eigenvalue weighted by molar-refractivity contribution is 0.0953. The third kappa shape index (κ3) is 4.38. The van der Waals surface area contributed by atoms with Gasteiger partial charge in [0.05, 0.1) is 0 Å². The molecule has 0 unspecified atom stereocenters. The maximum atomic E-state index is 11.8. The van der Waals surface area contributed by atoms with E-state index in [1.54, 1.807) is 12.1 Å². The van der Waals surface area contributed by atoms with E-state index in [0.717, 1.165) is 12.8 Å². The van der Waals surface area contributed by atoms with Gasteiger partial charge in [0.1, 0.15) is 5.15 Å². The van der Waals surface area contributed by atoms with Gasteiger partial charge < -0.3 is 5.32 Å². The zero-order valence-corrected chi connectivity index (χ0v) is 11.2. The summed E-state index contributed by atoms with van der Waals surface area (Å²) in [6.45, 7) is 0.646. The fraction of sp³-hybridized carbons (Fsp3) is 0.200. The molecule has 0 aliphatic rings. The van der Waals surface area contributed by atoms with Gasteiger partial charge in [-0.25, -0.2) is 4.98 Å². The van der Waals surface area contributed by atoms with Crippen LogP contribution in [-0.2, 0) is 6.42 Å². The van der Waals surface area contributed by atoms with Crippen LogP contribution in [0.4, 0.5) is 0 Å². The van der Waals surface area contributed by atoms with Crippen LogP contribution in [0.1, 0.15) is 22.3 Å². The minimum Gasteiger partial charge on any atom is -0.352 e. The third-order valence-electron chi connectivity index (χ3n) is 2.76. The van der Waals surface area contributed by atoms with E-state index < -0.39 is 0 Å². The molecule has 19 heavy (non-hydrogen) atoms. The quantitative estimate of drug-likeness (QED) is 0.672. The first-order chi connectivity index (χ1) is 9.25. The van der Waals surface area contributed by atoms with Gasteiger partial charge in [-0.1, -0.05) is 41.9 Å². The van der Waals surface area contributed by atoms with Gasteiger partial charge in [-0.2, -0.15) is 0 Å². The molecule has 0 radical (unpaired) electrons. The molecule has 3 nitrogen and oxygen atoms in total. The molecule has 1 N–H and O–H groups in total. The van der Waals surface area contributed by atoms with E-state index in [9.17, 15) is 4.79 Å². The largest absolute Gasteiger partial charge is 0.352 e. The topological polar surface area (TPSA) is 42.0 Å². The van der Waals surface area contributed by atoms with Crippen LogP contribution in [0, 0.1) is 0 Å². The van der Waals surface area contributed by atoms with Gasteiger partial charge in [-0.15, -0.1) is 0 Å². The minimum absolute atomic E-state index is 0.114. The van der Waals surface area contributed by atoms with Crippen LogP contribution >= 0.6 is 11.6 Å². The van der Waals surface area contributed by atoms with E-state index in [0.29, 0.717) is 17.3 Å². The van der Waals surface area contributed by atoms with Crippen LogP contribution in [0.3, 0.4) is 0 Å². The summed E-state index contributed by atoms with van der Waals surface area (Å²) in [5.41, 5.74) is 1.82. The van der Waals surface area contributed by atoms with Gasteiger partial charge in [0.15, 0.2) is 0 Å². The van der Waals surface area contributed by atoms with Crippen molar-refractivity contribution < 1.29 is 4.79 Å². The Labute approximate surface area is 117 Å². The summed E-state index contributed by atoms with van der Waals surface area (Å²) < 4.78 is 0. The summed E-state index contributed by atoms with van der Waals surface area (Å²) in [6, 6.07) is 13.4. The molecule has 0 aliphatic carbocycles. The molecule has 1 aromatic carbocycles. The Kier molecular flexibility index (Phi) is 4.93. The molecule has 1 amide bonds. The summed E-state index contributed by atoms with van der Waals surface area (Å²) in [7, 11) is 0. The number of carbonyl (C=O) groups is 1. The number of nitrogens with zero attached hydrogens (tertiary/aromatic N) is 1. The molecule has 0 aliphatic heterocycles. The number of rotatable bonds is 5. The van der Waals surface area contributed by atoms with Crippen molar-refractivity contribution in [1.29, 1.82) is 0 Å². The molecule has 1 heterocycles. The van der Waals surface area contributed by atoms with Crippen molar-refractivity contribution in [1.82, 2.24) is 10.3 Å². The van der Waals surface area contributed by atoms with Gasteiger partial charge in [0.2, 0.25) is 0 Å². The molecular weight excluding hydrogens is 260 g/mol. The van der Waals surface area contributed by atoms with Crippen molar-refractivity contribution in [2.75, 3.05) is 6.54 Å². The van der Waals surface area contributed by atoms with Crippen LogP contribution in [0.15, 0.2) is 48.7 Å². The SMILES string of the molecule is O=C(NCCCc1ccccc1)c1ccnc(Cl)c1. The molecule has 0 bridgehead atoms. The molecule has 2 rings (SSSR count). The number of hydrogen-bond donors (Lipinski definition) is 1. The molecule has 4 heteroatoms. The highest BCUT2D eigenvalue weighted by atomic mass is 35.5. The number of nitrogens with one attached hydrogen (secondary N) is 1. The van der Waals surface area contributed by atoms with Crippen molar-refractivity contribution in [2.45, 2.75) is 12.8 Å². The highest BCUT2D eigenvalue weighted by molar-refractivity contribution is 6.29. The van der Waals surface area contributed by atoms with Crippen LogP contribution in [-0.4, -0.2) is 17.4 Å². The summed E-state index contributed by atoms with van der Waals surface area (Å²) in [4.78, 5) is 15.7. The first-order valence-corrected chi connectivity index (χ1v) is 6.57. The van der Waals surface area contributed by atoms with Crippen molar-refractivity contribution in [3.63, 3.8) is 0 Å². The number of pyridine rings is 1. The van der Waals surface area contributed by atoms with Gasteiger partial charge in [-0.3, -0.25) is 4.79 Å². The van der Waals surface area contributed by atoms with E-state index in [2.05, 4.69) is 22.4 Å². The molecule has 2 aromatic rings. The first-order valence-electron chi connectivity index (χ1n) is 6.19. The smallest absolute Gasteiger partial charge is 0.251 e. The number of amides is 1. The molecular formula is C15H15ClN2O. The maximum Gasteiger partial charge on any atom is 0.251 e. The predicted molar refractivity (Wildman–Crippen MR) is 76.3 cm³/mol. The Hall–Kier alpha value is -1.87. The fourth-order valence-corrected chi connectivity index (χ4v) is 1.96. The summed E-state index contributed by atoms with van der Waals surface area (Å²) in [6.07, 6.45) is 3.40. The highest BCUT2D eigenvalue weighted by Gasteiger charge is 2.05. The summed E-state index contributed by atoms with van der Waals surface area (Å²) in [5.74, 6) is -0.114. The molecule has 0 saturated heterocycles. The van der Waals surface area contributed by atoms with Gasteiger partial charge in [0.25, 0.3) is 5.91 Å². The zero-order chi connectivity index (χ0) is 13.5. The molecule has 1 aromatic heterocycles. The van der Waals surface area contributed by atoms with E-state index in [-0.39, 0.29) is 5.91 Å². The Bertz CT molecular complexity index is 543. The second-order valence-electron chi connectivity index (χ2n) is 4.21. The Balaban J connectivity index is 1.75. The second kappa shape index (κ2) is 6.90. The average molecular weight is 275 g/mol. The Morgan fingerprint density at radius 3 is 2.74 bits per heavy atom. The number of benzene rings is 1. The molecule has 98 valence electrons. The van der Waals surface area contributed by atoms with Crippen molar-refractivity contribution in [3.05, 3.63) is 64.9 Å². The Morgan fingerprint density at radius 2 is 2.00 bits per heavy atom. The van der Waals surface area contributed by atoms with Crippen molar-refractivity contribution in [2.24, 2.45) is 0 Å². The number of aromatic nitrogens is 1. The predicted octanol–water partition coefficient (Wildman–Crippen LogP) is 3.10. The lowest BCUT2D eigenvalue weighted by Crippen LogP contribution is -2.24. The van der Waals surface area contributed by atoms with E-state index in [1.165, 1.54) is 11.8 Å². The van der Waals surface area contributed by atoms with Crippen molar-refractivity contribution >= 4 is 17.5 Å². The van der Waals surface area contributed by atoms with E-state index in [4.69, 9.17) is 11.6 Å². The number of hydrogen-bond acceptors (Lipinski definition) is 2. The van der Waals surface area contributed by atoms with Gasteiger partial charge in [-0.05, 0) is 30.5 Å². The monoisotopic (exact) mass is 274 g/mol. The van der Waals surface area contributed by atoms with Crippen LogP contribution in [0.25, 0.3) is 0 Å².